The Morgan fingerprint density at radius 2 is 1.85 bits per heavy atom. The van der Waals surface area contributed by atoms with Crippen molar-refractivity contribution in [3.05, 3.63) is 64.9 Å². The lowest BCUT2D eigenvalue weighted by atomic mass is 10.1. The van der Waals surface area contributed by atoms with Gasteiger partial charge in [-0.1, -0.05) is 23.7 Å². The van der Waals surface area contributed by atoms with E-state index in [0.717, 1.165) is 0 Å². The number of halogens is 2. The molecule has 3 N–H and O–H groups in total. The monoisotopic (exact) mass is 392 g/mol. The maximum Gasteiger partial charge on any atom is 0.238 e. The van der Waals surface area contributed by atoms with Gasteiger partial charge < -0.3 is 5.32 Å². The molecule has 0 aliphatic heterocycles. The first-order valence-electron chi connectivity index (χ1n) is 7.44. The summed E-state index contributed by atoms with van der Waals surface area (Å²) >= 11 is 5.74. The largest absolute Gasteiger partial charge is 0.339 e. The van der Waals surface area contributed by atoms with E-state index in [-0.39, 0.29) is 9.92 Å². The van der Waals surface area contributed by atoms with E-state index in [9.17, 15) is 12.8 Å². The van der Waals surface area contributed by atoms with Crippen LogP contribution in [0.5, 0.6) is 0 Å². The number of nitrogens with two attached hydrogens (primary N) is 1. The first-order chi connectivity index (χ1) is 12.2. The molecule has 2 aromatic carbocycles. The SMILES string of the molecule is Cc1ccc(-c2ccc(Nc3ccc(F)c(Cl)c3)nn2)cc1S(N)(=O)=O. The third-order valence-corrected chi connectivity index (χ3v) is 4.99. The van der Waals surface area contributed by atoms with Crippen LogP contribution in [0.1, 0.15) is 5.56 Å². The maximum absolute atomic E-state index is 13.2. The number of hydrogen-bond donors (Lipinski definition) is 2. The standard InChI is InChI=1S/C17H14ClFN4O2S/c1-10-2-3-11(8-16(10)26(20,24)25)15-6-7-17(23-22-15)21-12-4-5-14(19)13(18)9-12/h2-9H,1H3,(H,21,23)(H2,20,24,25). The summed E-state index contributed by atoms with van der Waals surface area (Å²) in [5, 5.41) is 16.3. The maximum atomic E-state index is 13.2. The van der Waals surface area contributed by atoms with Crippen molar-refractivity contribution in [2.45, 2.75) is 11.8 Å². The van der Waals surface area contributed by atoms with Gasteiger partial charge in [0.25, 0.3) is 0 Å². The van der Waals surface area contributed by atoms with E-state index in [2.05, 4.69) is 15.5 Å². The number of benzene rings is 2. The average Bonchev–Trinajstić information content (AvgIpc) is 2.58. The predicted molar refractivity (Wildman–Crippen MR) is 98.3 cm³/mol. The minimum Gasteiger partial charge on any atom is -0.339 e. The normalized spacial score (nSPS) is 11.4. The molecule has 0 fully saturated rings. The minimum absolute atomic E-state index is 0.00485. The Balaban J connectivity index is 1.87. The van der Waals surface area contributed by atoms with Gasteiger partial charge in [-0.3, -0.25) is 0 Å². The van der Waals surface area contributed by atoms with Crippen molar-refractivity contribution in [2.24, 2.45) is 5.14 Å². The molecule has 0 saturated carbocycles. The molecule has 0 radical (unpaired) electrons. The van der Waals surface area contributed by atoms with Gasteiger partial charge in [-0.05, 0) is 48.9 Å². The molecule has 0 aliphatic rings. The predicted octanol–water partition coefficient (Wildman–Crippen LogP) is 3.64. The highest BCUT2D eigenvalue weighted by Crippen LogP contribution is 2.25. The summed E-state index contributed by atoms with van der Waals surface area (Å²) in [5.74, 6) is -0.0844. The van der Waals surface area contributed by atoms with Crippen LogP contribution >= 0.6 is 11.6 Å². The average molecular weight is 393 g/mol. The lowest BCUT2D eigenvalue weighted by Crippen LogP contribution is -2.13. The van der Waals surface area contributed by atoms with Gasteiger partial charge in [0.05, 0.1) is 15.6 Å². The van der Waals surface area contributed by atoms with E-state index in [0.29, 0.717) is 28.3 Å². The summed E-state index contributed by atoms with van der Waals surface area (Å²) in [7, 11) is -3.82. The van der Waals surface area contributed by atoms with Crippen LogP contribution in [-0.4, -0.2) is 18.6 Å². The molecule has 1 aromatic heterocycles. The molecule has 0 amide bonds. The number of rotatable bonds is 4. The Hall–Kier alpha value is -2.55. The molecule has 0 atom stereocenters. The second-order valence-corrected chi connectivity index (χ2v) is 7.52. The lowest BCUT2D eigenvalue weighted by Gasteiger charge is -2.08. The molecule has 0 unspecified atom stereocenters. The quantitative estimate of drug-likeness (QED) is 0.706. The van der Waals surface area contributed by atoms with Crippen LogP contribution in [0.15, 0.2) is 53.4 Å². The topological polar surface area (TPSA) is 98.0 Å². The molecule has 0 aliphatic carbocycles. The summed E-state index contributed by atoms with van der Waals surface area (Å²) in [6, 6.07) is 12.4. The number of primary sulfonamides is 1. The van der Waals surface area contributed by atoms with Crippen LogP contribution in [0.3, 0.4) is 0 Å². The van der Waals surface area contributed by atoms with Gasteiger partial charge in [0, 0.05) is 11.3 Å². The molecule has 6 nitrogen and oxygen atoms in total. The number of hydrogen-bond acceptors (Lipinski definition) is 5. The zero-order chi connectivity index (χ0) is 18.9. The number of aryl methyl sites for hydroxylation is 1. The number of aromatic nitrogens is 2. The van der Waals surface area contributed by atoms with Crippen LogP contribution < -0.4 is 10.5 Å². The van der Waals surface area contributed by atoms with E-state index in [1.165, 1.54) is 24.3 Å². The summed E-state index contributed by atoms with van der Waals surface area (Å²) in [4.78, 5) is 0.0416. The van der Waals surface area contributed by atoms with Gasteiger partial charge in [-0.15, -0.1) is 10.2 Å². The van der Waals surface area contributed by atoms with E-state index in [1.807, 2.05) is 0 Å². The highest BCUT2D eigenvalue weighted by atomic mass is 35.5. The van der Waals surface area contributed by atoms with Gasteiger partial charge in [0.2, 0.25) is 10.0 Å². The van der Waals surface area contributed by atoms with Crippen molar-refractivity contribution in [3.63, 3.8) is 0 Å². The van der Waals surface area contributed by atoms with Gasteiger partial charge in [0.1, 0.15) is 5.82 Å². The molecule has 0 spiro atoms. The number of sulfonamides is 1. The van der Waals surface area contributed by atoms with E-state index >= 15 is 0 Å². The van der Waals surface area contributed by atoms with Crippen molar-refractivity contribution >= 4 is 33.1 Å². The fraction of sp³-hybridized carbons (Fsp3) is 0.0588. The first kappa shape index (κ1) is 18.2. The second-order valence-electron chi connectivity index (χ2n) is 5.58. The molecule has 26 heavy (non-hydrogen) atoms. The Bertz CT molecular complexity index is 1070. The summed E-state index contributed by atoms with van der Waals surface area (Å²) in [6.07, 6.45) is 0. The van der Waals surface area contributed by atoms with Crippen LogP contribution in [-0.2, 0) is 10.0 Å². The van der Waals surface area contributed by atoms with Crippen LogP contribution in [0.2, 0.25) is 5.02 Å². The molecule has 0 saturated heterocycles. The Labute approximate surface area is 154 Å². The fourth-order valence-electron chi connectivity index (χ4n) is 2.34. The highest BCUT2D eigenvalue weighted by Gasteiger charge is 2.13. The molecular weight excluding hydrogens is 379 g/mol. The molecule has 134 valence electrons. The Morgan fingerprint density at radius 1 is 1.08 bits per heavy atom. The highest BCUT2D eigenvalue weighted by molar-refractivity contribution is 7.89. The minimum atomic E-state index is -3.82. The van der Waals surface area contributed by atoms with Crippen LogP contribution in [0, 0.1) is 12.7 Å². The van der Waals surface area contributed by atoms with Gasteiger partial charge in [-0.25, -0.2) is 17.9 Å². The fourth-order valence-corrected chi connectivity index (χ4v) is 3.33. The van der Waals surface area contributed by atoms with Gasteiger partial charge in [0.15, 0.2) is 5.82 Å². The molecule has 3 aromatic rings. The summed E-state index contributed by atoms with van der Waals surface area (Å²) < 4.78 is 36.5. The van der Waals surface area contributed by atoms with Gasteiger partial charge >= 0.3 is 0 Å². The zero-order valence-electron chi connectivity index (χ0n) is 13.6. The van der Waals surface area contributed by atoms with Crippen LogP contribution in [0.25, 0.3) is 11.3 Å². The van der Waals surface area contributed by atoms with Crippen molar-refractivity contribution in [1.29, 1.82) is 0 Å². The molecule has 3 rings (SSSR count). The zero-order valence-corrected chi connectivity index (χ0v) is 15.1. The van der Waals surface area contributed by atoms with E-state index < -0.39 is 15.8 Å². The van der Waals surface area contributed by atoms with Crippen molar-refractivity contribution in [3.8, 4) is 11.3 Å². The number of nitrogens with one attached hydrogen (secondary N) is 1. The van der Waals surface area contributed by atoms with Gasteiger partial charge in [-0.2, -0.15) is 0 Å². The second kappa shape index (κ2) is 6.99. The van der Waals surface area contributed by atoms with E-state index in [1.54, 1.807) is 31.2 Å². The Kier molecular flexibility index (Phi) is 4.90. The third-order valence-electron chi connectivity index (χ3n) is 3.65. The van der Waals surface area contributed by atoms with Crippen molar-refractivity contribution < 1.29 is 12.8 Å². The first-order valence-corrected chi connectivity index (χ1v) is 9.36. The summed E-state index contributed by atoms with van der Waals surface area (Å²) in [5.41, 5.74) is 2.17. The lowest BCUT2D eigenvalue weighted by molar-refractivity contribution is 0.597. The van der Waals surface area contributed by atoms with E-state index in [4.69, 9.17) is 16.7 Å². The van der Waals surface area contributed by atoms with Crippen molar-refractivity contribution in [1.82, 2.24) is 10.2 Å². The Morgan fingerprint density at radius 3 is 2.46 bits per heavy atom. The number of nitrogens with zero attached hydrogens (tertiary/aromatic N) is 2. The summed E-state index contributed by atoms with van der Waals surface area (Å²) in [6.45, 7) is 1.66. The smallest absolute Gasteiger partial charge is 0.238 e. The number of anilines is 2. The molecule has 9 heteroatoms. The molecule has 1 heterocycles. The van der Waals surface area contributed by atoms with Crippen molar-refractivity contribution in [2.75, 3.05) is 5.32 Å². The molecule has 0 bridgehead atoms. The third kappa shape index (κ3) is 3.98. The molecular formula is C17H14ClFN4O2S. The van der Waals surface area contributed by atoms with Crippen LogP contribution in [0.4, 0.5) is 15.9 Å².